The third kappa shape index (κ3) is 3.42. The van der Waals surface area contributed by atoms with Crippen molar-refractivity contribution in [3.05, 3.63) is 30.1 Å². The minimum absolute atomic E-state index is 0.0785. The van der Waals surface area contributed by atoms with Crippen LogP contribution in [0.15, 0.2) is 24.3 Å². The largest absolute Gasteiger partial charge is 0.392 e. The Morgan fingerprint density at radius 3 is 3.07 bits per heavy atom. The van der Waals surface area contributed by atoms with Gasteiger partial charge in [0.1, 0.15) is 19.0 Å². The topological polar surface area (TPSA) is 108 Å². The Bertz CT molecular complexity index is 818. The number of likely N-dealkylation sites (tertiary alicyclic amines) is 1. The number of para-hydroxylation sites is 2. The van der Waals surface area contributed by atoms with Crippen molar-refractivity contribution in [1.82, 2.24) is 20.2 Å². The first-order valence-electron chi connectivity index (χ1n) is 9.34. The number of amides is 2. The molecule has 1 aromatic heterocycles. The highest BCUT2D eigenvalue weighted by molar-refractivity contribution is 5.86. The monoisotopic (exact) mass is 372 g/mol. The highest BCUT2D eigenvalue weighted by Gasteiger charge is 2.50. The molecule has 0 saturated carbocycles. The zero-order valence-corrected chi connectivity index (χ0v) is 15.1. The molecule has 0 aliphatic carbocycles. The van der Waals surface area contributed by atoms with Crippen molar-refractivity contribution in [1.29, 1.82) is 0 Å². The smallest absolute Gasteiger partial charge is 0.248 e. The van der Waals surface area contributed by atoms with E-state index in [4.69, 9.17) is 4.74 Å². The van der Waals surface area contributed by atoms with E-state index in [0.29, 0.717) is 31.8 Å². The summed E-state index contributed by atoms with van der Waals surface area (Å²) in [6.45, 7) is 1.44. The third-order valence-electron chi connectivity index (χ3n) is 5.58. The standard InChI is InChI=1S/C19H24N4O4/c24-15-6-9-23(12-19(15)7-3-8-20-18(19)26)17(25)11-27-10-16-21-13-4-1-2-5-14(13)22-16/h1-2,4-5,15,24H,3,6-12H2,(H,20,26)(H,21,22)/t15-,19+/m0/s1. The summed E-state index contributed by atoms with van der Waals surface area (Å²) in [5.74, 6) is 0.346. The van der Waals surface area contributed by atoms with Crippen molar-refractivity contribution in [2.45, 2.75) is 32.0 Å². The van der Waals surface area contributed by atoms with Crippen molar-refractivity contribution >= 4 is 22.8 Å². The molecule has 0 bridgehead atoms. The van der Waals surface area contributed by atoms with E-state index in [-0.39, 0.29) is 31.6 Å². The predicted molar refractivity (Wildman–Crippen MR) is 97.6 cm³/mol. The van der Waals surface area contributed by atoms with Crippen LogP contribution in [0.1, 0.15) is 25.1 Å². The molecule has 2 atom stereocenters. The van der Waals surface area contributed by atoms with Gasteiger partial charge in [-0.1, -0.05) is 12.1 Å². The number of hydrogen-bond acceptors (Lipinski definition) is 5. The number of aliphatic hydroxyl groups is 1. The molecule has 8 nitrogen and oxygen atoms in total. The van der Waals surface area contributed by atoms with Crippen LogP contribution in [0.5, 0.6) is 0 Å². The van der Waals surface area contributed by atoms with Crippen molar-refractivity contribution < 1.29 is 19.4 Å². The molecule has 2 amide bonds. The molecule has 2 fully saturated rings. The molecule has 1 aromatic carbocycles. The van der Waals surface area contributed by atoms with Crippen molar-refractivity contribution in [3.8, 4) is 0 Å². The van der Waals surface area contributed by atoms with E-state index in [9.17, 15) is 14.7 Å². The molecule has 1 spiro atoms. The van der Waals surface area contributed by atoms with Crippen LogP contribution in [0.3, 0.4) is 0 Å². The molecule has 0 radical (unpaired) electrons. The second-order valence-electron chi connectivity index (χ2n) is 7.33. The summed E-state index contributed by atoms with van der Waals surface area (Å²) >= 11 is 0. The molecule has 3 heterocycles. The predicted octanol–water partition coefficient (Wildman–Crippen LogP) is 0.569. The zero-order valence-electron chi connectivity index (χ0n) is 15.1. The molecule has 2 aliphatic heterocycles. The lowest BCUT2D eigenvalue weighted by molar-refractivity contribution is -0.156. The summed E-state index contributed by atoms with van der Waals surface area (Å²) in [5, 5.41) is 13.2. The molecule has 27 heavy (non-hydrogen) atoms. The summed E-state index contributed by atoms with van der Waals surface area (Å²) < 4.78 is 5.55. The van der Waals surface area contributed by atoms with E-state index in [1.54, 1.807) is 4.90 Å². The number of aromatic amines is 1. The maximum absolute atomic E-state index is 12.6. The zero-order chi connectivity index (χ0) is 18.9. The highest BCUT2D eigenvalue weighted by Crippen LogP contribution is 2.37. The van der Waals surface area contributed by atoms with Gasteiger partial charge in [-0.25, -0.2) is 4.98 Å². The van der Waals surface area contributed by atoms with Gasteiger partial charge in [-0.2, -0.15) is 0 Å². The number of H-pyrrole nitrogens is 1. The Hall–Kier alpha value is -2.45. The first kappa shape index (κ1) is 17.9. The number of rotatable bonds is 4. The normalized spacial score (nSPS) is 25.7. The molecule has 2 aromatic rings. The fourth-order valence-corrected chi connectivity index (χ4v) is 4.06. The summed E-state index contributed by atoms with van der Waals surface area (Å²) in [6.07, 6.45) is 1.11. The molecule has 0 unspecified atom stereocenters. The fourth-order valence-electron chi connectivity index (χ4n) is 4.06. The molecule has 3 N–H and O–H groups in total. The Labute approximate surface area is 156 Å². The van der Waals surface area contributed by atoms with Crippen LogP contribution in [0.2, 0.25) is 0 Å². The van der Waals surface area contributed by atoms with Gasteiger partial charge in [0.15, 0.2) is 0 Å². The summed E-state index contributed by atoms with van der Waals surface area (Å²) in [6, 6.07) is 7.69. The number of aromatic nitrogens is 2. The second-order valence-corrected chi connectivity index (χ2v) is 7.33. The van der Waals surface area contributed by atoms with Gasteiger partial charge in [-0.3, -0.25) is 9.59 Å². The highest BCUT2D eigenvalue weighted by atomic mass is 16.5. The lowest BCUT2D eigenvalue weighted by Crippen LogP contribution is -2.62. The van der Waals surface area contributed by atoms with E-state index in [1.807, 2.05) is 24.3 Å². The average Bonchev–Trinajstić information content (AvgIpc) is 3.09. The summed E-state index contributed by atoms with van der Waals surface area (Å²) in [4.78, 5) is 34.2. The van der Waals surface area contributed by atoms with Crippen LogP contribution in [0, 0.1) is 5.41 Å². The van der Waals surface area contributed by atoms with Crippen LogP contribution in [-0.4, -0.2) is 64.1 Å². The van der Waals surface area contributed by atoms with E-state index >= 15 is 0 Å². The van der Waals surface area contributed by atoms with Gasteiger partial charge in [-0.05, 0) is 31.4 Å². The molecular formula is C19H24N4O4. The Balaban J connectivity index is 1.34. The van der Waals surface area contributed by atoms with Gasteiger partial charge in [0.05, 0.1) is 22.6 Å². The maximum atomic E-state index is 12.6. The number of aliphatic hydroxyl groups excluding tert-OH is 1. The summed E-state index contributed by atoms with van der Waals surface area (Å²) in [7, 11) is 0. The quantitative estimate of drug-likeness (QED) is 0.727. The van der Waals surface area contributed by atoms with Crippen molar-refractivity contribution in [2.75, 3.05) is 26.2 Å². The SMILES string of the molecule is O=C(COCc1nc2ccccc2[nH]1)N1CC[C@H](O)[C@@]2(CCCNC2=O)C1. The number of fused-ring (bicyclic) bond motifs is 1. The van der Waals surface area contributed by atoms with Gasteiger partial charge < -0.3 is 25.0 Å². The number of ether oxygens (including phenoxy) is 1. The first-order valence-corrected chi connectivity index (χ1v) is 9.34. The van der Waals surface area contributed by atoms with Gasteiger partial charge >= 0.3 is 0 Å². The molecule has 144 valence electrons. The molecular weight excluding hydrogens is 348 g/mol. The third-order valence-corrected chi connectivity index (χ3v) is 5.58. The van der Waals surface area contributed by atoms with Crippen LogP contribution in [0.4, 0.5) is 0 Å². The number of carbonyl (C=O) groups is 2. The van der Waals surface area contributed by atoms with Gasteiger partial charge in [0, 0.05) is 19.6 Å². The lowest BCUT2D eigenvalue weighted by atomic mass is 9.71. The number of benzene rings is 1. The number of imidazole rings is 1. The Morgan fingerprint density at radius 2 is 2.26 bits per heavy atom. The lowest BCUT2D eigenvalue weighted by Gasteiger charge is -2.46. The fraction of sp³-hybridized carbons (Fsp3) is 0.526. The van der Waals surface area contributed by atoms with Crippen molar-refractivity contribution in [3.63, 3.8) is 0 Å². The van der Waals surface area contributed by atoms with Crippen LogP contribution in [0.25, 0.3) is 11.0 Å². The number of piperidine rings is 2. The van der Waals surface area contributed by atoms with E-state index in [1.165, 1.54) is 0 Å². The van der Waals surface area contributed by atoms with E-state index < -0.39 is 11.5 Å². The van der Waals surface area contributed by atoms with Crippen molar-refractivity contribution in [2.24, 2.45) is 5.41 Å². The Kier molecular flexibility index (Phi) is 4.84. The maximum Gasteiger partial charge on any atom is 0.248 e. The number of nitrogens with one attached hydrogen (secondary N) is 2. The molecule has 2 aliphatic rings. The second kappa shape index (κ2) is 7.28. The van der Waals surface area contributed by atoms with Crippen LogP contribution >= 0.6 is 0 Å². The molecule has 2 saturated heterocycles. The van der Waals surface area contributed by atoms with E-state index in [2.05, 4.69) is 15.3 Å². The van der Waals surface area contributed by atoms with Gasteiger partial charge in [0.25, 0.3) is 0 Å². The average molecular weight is 372 g/mol. The molecule has 4 rings (SSSR count). The minimum atomic E-state index is -0.884. The minimum Gasteiger partial charge on any atom is -0.392 e. The molecule has 8 heteroatoms. The van der Waals surface area contributed by atoms with Crippen LogP contribution in [-0.2, 0) is 20.9 Å². The van der Waals surface area contributed by atoms with Gasteiger partial charge in [-0.15, -0.1) is 0 Å². The van der Waals surface area contributed by atoms with Crippen LogP contribution < -0.4 is 5.32 Å². The number of nitrogens with zero attached hydrogens (tertiary/aromatic N) is 2. The van der Waals surface area contributed by atoms with E-state index in [0.717, 1.165) is 17.5 Å². The number of carbonyl (C=O) groups excluding carboxylic acids is 2. The Morgan fingerprint density at radius 1 is 1.41 bits per heavy atom. The number of hydrogen-bond donors (Lipinski definition) is 3. The van der Waals surface area contributed by atoms with Gasteiger partial charge in [0.2, 0.25) is 11.8 Å². The summed E-state index contributed by atoms with van der Waals surface area (Å²) in [5.41, 5.74) is 0.903. The first-order chi connectivity index (χ1) is 13.1.